The minimum atomic E-state index is -0.311. The number of unbranched alkanes of at least 4 members (excludes halogenated alkanes) is 3. The molecule has 0 saturated heterocycles. The van der Waals surface area contributed by atoms with Crippen molar-refractivity contribution in [2.24, 2.45) is 76.7 Å². The number of carbonyl (C=O) groups is 12. The van der Waals surface area contributed by atoms with E-state index in [1.165, 1.54) is 85.7 Å². The molecule has 4 aromatic carbocycles. The van der Waals surface area contributed by atoms with Crippen LogP contribution < -0.4 is 0 Å². The van der Waals surface area contributed by atoms with Crippen LogP contribution in [-0.4, -0.2) is 194 Å². The largest absolute Gasteiger partial charge is 0.297 e. The quantitative estimate of drug-likeness (QED) is 0.0227. The molecule has 0 heterocycles. The lowest BCUT2D eigenvalue weighted by atomic mass is 9.63. The van der Waals surface area contributed by atoms with Gasteiger partial charge in [0.05, 0.1) is 116 Å². The topological polar surface area (TPSA) is 353 Å². The second-order valence-electron chi connectivity index (χ2n) is 26.0. The number of hydrogen-bond acceptors (Lipinski definition) is 24. The van der Waals surface area contributed by atoms with Crippen LogP contribution in [0.25, 0.3) is 0 Å². The summed E-state index contributed by atoms with van der Waals surface area (Å²) in [6.07, 6.45) is 36.8. The Hall–Kier alpha value is -11.0. The highest BCUT2D eigenvalue weighted by molar-refractivity contribution is 6.16. The summed E-state index contributed by atoms with van der Waals surface area (Å²) in [6, 6.07) is 26.0. The number of rotatable bonds is 43. The number of aliphatic imine (C=N–C) groups is 12. The van der Waals surface area contributed by atoms with Crippen LogP contribution in [0.3, 0.4) is 0 Å². The molecule has 24 nitrogen and oxygen atoms in total. The van der Waals surface area contributed by atoms with Crippen LogP contribution in [0, 0.1) is 16.7 Å². The van der Waals surface area contributed by atoms with Crippen molar-refractivity contribution in [3.63, 3.8) is 0 Å². The molecule has 3 atom stereocenters. The van der Waals surface area contributed by atoms with Gasteiger partial charge in [0, 0.05) is 32.7 Å². The SMILES string of the molecule is CC(C)(Cc1ccc(N=CC=O)cc1)N=CC=O.CC(CCCN=CC=O)CN=CC=O.CC1(C)CC(N=CC=O)CC(C)(CN=CC=O)C1.CCc1cc(Cc2cc(CC)c(N=CC=O)c(CC)c2)ccc1N=CC=O.O=CC=NCCCCCCN=CC=O.O=CC=NCc1cccc(CN=CC=O)c1. The van der Waals surface area contributed by atoms with E-state index >= 15 is 0 Å². The second kappa shape index (κ2) is 62.3. The molecule has 1 aliphatic carbocycles. The molecule has 1 fully saturated rings. The molecule has 4 aromatic rings. The fraction of sp³-hybridized carbons (Fsp3) is 0.422. The third-order valence-corrected chi connectivity index (χ3v) is 15.6. The number of carbonyl (C=O) groups excluding carboxylic acids is 12. The van der Waals surface area contributed by atoms with E-state index in [1.807, 2.05) is 68.4 Å². The van der Waals surface area contributed by atoms with E-state index in [-0.39, 0.29) is 22.4 Å². The van der Waals surface area contributed by atoms with Crippen molar-refractivity contribution in [1.29, 1.82) is 0 Å². The van der Waals surface area contributed by atoms with Gasteiger partial charge in [-0.25, -0.2) is 0 Å². The summed E-state index contributed by atoms with van der Waals surface area (Å²) >= 11 is 0. The number of nitrogens with zero attached hydrogens (tertiary/aromatic N) is 12. The zero-order valence-corrected chi connectivity index (χ0v) is 63.6. The molecule has 3 unspecified atom stereocenters. The summed E-state index contributed by atoms with van der Waals surface area (Å²) in [4.78, 5) is 170. The van der Waals surface area contributed by atoms with E-state index < -0.39 is 0 Å². The van der Waals surface area contributed by atoms with Gasteiger partial charge in [-0.3, -0.25) is 117 Å². The zero-order valence-electron chi connectivity index (χ0n) is 63.6. The maximum absolute atomic E-state index is 10.7. The van der Waals surface area contributed by atoms with Gasteiger partial charge in [-0.2, -0.15) is 0 Å². The molecular weight excluding hydrogens is 1360 g/mol. The van der Waals surface area contributed by atoms with Gasteiger partial charge < -0.3 is 0 Å². The average Bonchev–Trinajstić information content (AvgIpc) is 0.811. The molecule has 24 heteroatoms. The lowest BCUT2D eigenvalue weighted by Crippen LogP contribution is -2.39. The van der Waals surface area contributed by atoms with Crippen molar-refractivity contribution >= 4 is 167 Å². The third kappa shape index (κ3) is 49.3. The van der Waals surface area contributed by atoms with Crippen LogP contribution >= 0.6 is 0 Å². The molecule has 1 saturated carbocycles. The molecule has 107 heavy (non-hydrogen) atoms. The highest BCUT2D eigenvalue weighted by atomic mass is 16.1. The van der Waals surface area contributed by atoms with Crippen molar-refractivity contribution < 1.29 is 57.5 Å². The average molecular weight is 1470 g/mol. The van der Waals surface area contributed by atoms with E-state index in [0.29, 0.717) is 108 Å². The first-order valence-electron chi connectivity index (χ1n) is 35.6. The van der Waals surface area contributed by atoms with Gasteiger partial charge in [0.2, 0.25) is 0 Å². The fourth-order valence-electron chi connectivity index (χ4n) is 11.4. The number of aryl methyl sites for hydroxylation is 3. The smallest absolute Gasteiger partial charge is 0.161 e. The van der Waals surface area contributed by atoms with E-state index in [1.54, 1.807) is 0 Å². The highest BCUT2D eigenvalue weighted by Gasteiger charge is 2.41. The minimum Gasteiger partial charge on any atom is -0.297 e. The van der Waals surface area contributed by atoms with Gasteiger partial charge in [-0.1, -0.05) is 122 Å². The lowest BCUT2D eigenvalue weighted by molar-refractivity contribution is -0.103. The monoisotopic (exact) mass is 1460 g/mol. The van der Waals surface area contributed by atoms with Gasteiger partial charge >= 0.3 is 0 Å². The van der Waals surface area contributed by atoms with Crippen molar-refractivity contribution in [1.82, 2.24) is 0 Å². The molecule has 0 bridgehead atoms. The maximum atomic E-state index is 10.7. The standard InChI is InChI=1S/C23H26N2O2.C14H22N2O2.C14H16N2O2.C12H12N2O2.2C10H16N2O2/c1-4-19-14-17(7-8-22(19)24-9-11-26)13-18-15-20(5-2)23(25-10-12-27)21(6-3)16-18;1-13(2)8-12(16-5-7-18)9-14(3,10-13)11-15-4-6-17;1-14(2,16-8-10-18)11-12-3-5-13(6-4-12)15-7-9-17;15-6-4-13-9-11-2-1-3-12(8-11)10-14-5-7-16;1-10(9-12-6-8-14)3-2-4-11-5-7-13;13-9-7-11-5-3-1-2-4-6-12-8-10-14/h7-12,14-16H,4-6,13H2,1-3H3;4-7,12H,8-11H2,1-3H3;3-10H,11H2,1-2H3;1-8H,9-10H2;5-8,10H,2-4,9H2,1H3;7-10H,1-6H2. The van der Waals surface area contributed by atoms with Gasteiger partial charge in [0.1, 0.15) is 0 Å². The molecule has 572 valence electrons. The number of aldehydes is 12. The van der Waals surface area contributed by atoms with E-state index in [2.05, 4.69) is 133 Å². The molecule has 0 radical (unpaired) electrons. The lowest BCUT2D eigenvalue weighted by Gasteiger charge is -2.44. The van der Waals surface area contributed by atoms with E-state index in [9.17, 15) is 57.5 Å². The maximum Gasteiger partial charge on any atom is 0.161 e. The van der Waals surface area contributed by atoms with E-state index in [4.69, 9.17) is 0 Å². The molecule has 0 aliphatic heterocycles. The van der Waals surface area contributed by atoms with Gasteiger partial charge in [0.15, 0.2) is 75.4 Å². The molecule has 0 N–H and O–H groups in total. The normalized spacial score (nSPS) is 15.1. The molecular formula is C83H108N12O12. The summed E-state index contributed by atoms with van der Waals surface area (Å²) < 4.78 is 0. The highest BCUT2D eigenvalue weighted by Crippen LogP contribution is 2.47. The van der Waals surface area contributed by atoms with Crippen molar-refractivity contribution in [2.45, 2.75) is 177 Å². The van der Waals surface area contributed by atoms with Gasteiger partial charge in [0.25, 0.3) is 0 Å². The minimum absolute atomic E-state index is 0.0478. The fourth-order valence-corrected chi connectivity index (χ4v) is 11.4. The van der Waals surface area contributed by atoms with Crippen molar-refractivity contribution in [3.8, 4) is 0 Å². The Morgan fingerprint density at radius 1 is 0.439 bits per heavy atom. The zero-order chi connectivity index (χ0) is 79.5. The Kier molecular flexibility index (Phi) is 55.9. The Labute approximate surface area is 631 Å². The molecule has 5 rings (SSSR count). The predicted molar refractivity (Wildman–Crippen MR) is 436 cm³/mol. The Morgan fingerprint density at radius 2 is 0.897 bits per heavy atom. The van der Waals surface area contributed by atoms with Gasteiger partial charge in [-0.15, -0.1) is 0 Å². The summed E-state index contributed by atoms with van der Waals surface area (Å²) in [5, 5.41) is 0. The summed E-state index contributed by atoms with van der Waals surface area (Å²) in [6.45, 7) is 23.3. The molecule has 0 amide bonds. The summed E-state index contributed by atoms with van der Waals surface area (Å²) in [7, 11) is 0. The van der Waals surface area contributed by atoms with Crippen LogP contribution in [0.1, 0.15) is 165 Å². The van der Waals surface area contributed by atoms with Crippen molar-refractivity contribution in [3.05, 3.63) is 123 Å². The van der Waals surface area contributed by atoms with Gasteiger partial charge in [-0.05, 0) is 170 Å². The van der Waals surface area contributed by atoms with Crippen LogP contribution in [0.5, 0.6) is 0 Å². The predicted octanol–water partition coefficient (Wildman–Crippen LogP) is 12.3. The Bertz CT molecular complexity index is 3600. The number of benzene rings is 4. The first-order chi connectivity index (χ1) is 51.7. The van der Waals surface area contributed by atoms with Crippen LogP contribution in [0.4, 0.5) is 17.1 Å². The Morgan fingerprint density at radius 3 is 1.41 bits per heavy atom. The molecule has 0 spiro atoms. The summed E-state index contributed by atoms with van der Waals surface area (Å²) in [5.41, 5.74) is 11.4. The first-order valence-corrected chi connectivity index (χ1v) is 35.6. The van der Waals surface area contributed by atoms with Crippen LogP contribution in [0.15, 0.2) is 139 Å². The second-order valence-corrected chi connectivity index (χ2v) is 26.0. The van der Waals surface area contributed by atoms with E-state index in [0.717, 1.165) is 160 Å². The first kappa shape index (κ1) is 96.0. The molecule has 0 aromatic heterocycles. The molecule has 1 aliphatic rings. The van der Waals surface area contributed by atoms with Crippen molar-refractivity contribution in [2.75, 3.05) is 32.7 Å². The van der Waals surface area contributed by atoms with Crippen LogP contribution in [0.2, 0.25) is 0 Å². The number of hydrogen-bond donors (Lipinski definition) is 0. The Balaban J connectivity index is 0.00000128. The van der Waals surface area contributed by atoms with Crippen LogP contribution in [-0.2, 0) is 103 Å². The third-order valence-electron chi connectivity index (χ3n) is 15.6. The summed E-state index contributed by atoms with van der Waals surface area (Å²) in [5.74, 6) is 0.456.